The molecule has 0 atom stereocenters. The quantitative estimate of drug-likeness (QED) is 0.153. The number of anilines is 6. The van der Waals surface area contributed by atoms with Crippen molar-refractivity contribution in [2.75, 3.05) is 9.80 Å². The number of rotatable bonds is 8. The molecule has 3 heteroatoms. The predicted molar refractivity (Wildman–Crippen MR) is 251 cm³/mol. The molecule has 0 aliphatic carbocycles. The zero-order valence-electron chi connectivity index (χ0n) is 32.4. The van der Waals surface area contributed by atoms with Crippen LogP contribution >= 0.6 is 0 Å². The Morgan fingerprint density at radius 2 is 0.780 bits per heavy atom. The maximum Gasteiger partial charge on any atom is 0.0583 e. The van der Waals surface area contributed by atoms with Gasteiger partial charge in [-0.2, -0.15) is 0 Å². The summed E-state index contributed by atoms with van der Waals surface area (Å²) in [4.78, 5) is 4.80. The fraction of sp³-hybridized carbons (Fsp3) is 0. The molecule has 1 heterocycles. The van der Waals surface area contributed by atoms with E-state index in [-0.39, 0.29) is 0 Å². The van der Waals surface area contributed by atoms with Crippen LogP contribution in [0, 0.1) is 0 Å². The summed E-state index contributed by atoms with van der Waals surface area (Å²) in [6, 6.07) is 85.5. The fourth-order valence-corrected chi connectivity index (χ4v) is 8.74. The van der Waals surface area contributed by atoms with E-state index < -0.39 is 0 Å². The van der Waals surface area contributed by atoms with E-state index in [1.807, 2.05) is 0 Å². The van der Waals surface area contributed by atoms with Gasteiger partial charge in [0, 0.05) is 39.2 Å². The van der Waals surface area contributed by atoms with E-state index in [2.05, 4.69) is 251 Å². The molecule has 3 nitrogen and oxygen atoms in total. The van der Waals surface area contributed by atoms with E-state index in [0.717, 1.165) is 50.8 Å². The minimum Gasteiger partial charge on any atom is -0.310 e. The summed E-state index contributed by atoms with van der Waals surface area (Å²) in [7, 11) is 0. The summed E-state index contributed by atoms with van der Waals surface area (Å²) in [6.45, 7) is 0. The maximum absolute atomic E-state index is 2.45. The number of para-hydroxylation sites is 4. The van der Waals surface area contributed by atoms with E-state index in [4.69, 9.17) is 0 Å². The molecule has 0 N–H and O–H groups in total. The first-order valence-corrected chi connectivity index (χ1v) is 20.2. The number of fused-ring (bicyclic) bond motifs is 5. The average Bonchev–Trinajstić information content (AvgIpc) is 3.64. The molecule has 10 aromatic carbocycles. The van der Waals surface area contributed by atoms with Crippen LogP contribution in [0.3, 0.4) is 0 Å². The minimum absolute atomic E-state index is 1.06. The normalized spacial score (nSPS) is 11.4. The van der Waals surface area contributed by atoms with E-state index in [1.54, 1.807) is 0 Å². The summed E-state index contributed by atoms with van der Waals surface area (Å²) >= 11 is 0. The smallest absolute Gasteiger partial charge is 0.0583 e. The SMILES string of the molecule is c1ccc(N(c2ccccc2)c2cc(N(c3ccccc3)c3ccc(-c4ccc5ccccc5c4)cc3)c3c4ccccc4n(-c4ccc5ccccc5c4)c3c2)cc1. The lowest BCUT2D eigenvalue weighted by atomic mass is 10.0. The van der Waals surface area contributed by atoms with Crippen LogP contribution in [-0.2, 0) is 0 Å². The van der Waals surface area contributed by atoms with Gasteiger partial charge in [0.05, 0.1) is 22.4 Å². The molecule has 0 radical (unpaired) electrons. The van der Waals surface area contributed by atoms with Crippen molar-refractivity contribution in [2.45, 2.75) is 0 Å². The molecule has 0 bridgehead atoms. The van der Waals surface area contributed by atoms with Crippen LogP contribution in [0.25, 0.3) is 60.2 Å². The molecule has 278 valence electrons. The molecule has 0 saturated carbocycles. The topological polar surface area (TPSA) is 11.4 Å². The van der Waals surface area contributed by atoms with E-state index in [0.29, 0.717) is 0 Å². The molecule has 0 fully saturated rings. The Labute approximate surface area is 343 Å². The zero-order chi connectivity index (χ0) is 39.1. The van der Waals surface area contributed by atoms with Gasteiger partial charge in [-0.05, 0) is 118 Å². The van der Waals surface area contributed by atoms with Crippen molar-refractivity contribution in [3.05, 3.63) is 237 Å². The van der Waals surface area contributed by atoms with Crippen molar-refractivity contribution in [3.8, 4) is 16.8 Å². The van der Waals surface area contributed by atoms with Crippen molar-refractivity contribution in [2.24, 2.45) is 0 Å². The van der Waals surface area contributed by atoms with Gasteiger partial charge >= 0.3 is 0 Å². The molecule has 11 rings (SSSR count). The Kier molecular flexibility index (Phi) is 8.49. The Morgan fingerprint density at radius 1 is 0.288 bits per heavy atom. The highest BCUT2D eigenvalue weighted by atomic mass is 15.2. The average molecular weight is 754 g/mol. The van der Waals surface area contributed by atoms with Crippen LogP contribution in [0.4, 0.5) is 34.1 Å². The molecule has 0 aliphatic heterocycles. The number of aromatic nitrogens is 1. The van der Waals surface area contributed by atoms with Crippen LogP contribution in [0.15, 0.2) is 237 Å². The Bertz CT molecular complexity index is 3220. The third kappa shape index (κ3) is 6.17. The van der Waals surface area contributed by atoms with Gasteiger partial charge in [-0.25, -0.2) is 0 Å². The lowest BCUT2D eigenvalue weighted by Gasteiger charge is -2.30. The van der Waals surface area contributed by atoms with Gasteiger partial charge in [-0.1, -0.05) is 152 Å². The predicted octanol–water partition coefficient (Wildman–Crippen LogP) is 15.7. The van der Waals surface area contributed by atoms with Gasteiger partial charge < -0.3 is 14.4 Å². The third-order valence-corrected chi connectivity index (χ3v) is 11.5. The van der Waals surface area contributed by atoms with Gasteiger partial charge in [0.1, 0.15) is 0 Å². The molecule has 0 amide bonds. The molecule has 0 unspecified atom stereocenters. The van der Waals surface area contributed by atoms with Gasteiger partial charge in [0.2, 0.25) is 0 Å². The maximum atomic E-state index is 2.45. The van der Waals surface area contributed by atoms with Crippen LogP contribution in [0.1, 0.15) is 0 Å². The molecular formula is C56H39N3. The van der Waals surface area contributed by atoms with Crippen LogP contribution in [0.2, 0.25) is 0 Å². The van der Waals surface area contributed by atoms with Gasteiger partial charge in [0.15, 0.2) is 0 Å². The van der Waals surface area contributed by atoms with Crippen molar-refractivity contribution in [1.29, 1.82) is 0 Å². The Hall–Kier alpha value is -7.88. The summed E-state index contributed by atoms with van der Waals surface area (Å²) in [6.07, 6.45) is 0. The molecular weight excluding hydrogens is 715 g/mol. The highest BCUT2D eigenvalue weighted by molar-refractivity contribution is 6.18. The van der Waals surface area contributed by atoms with E-state index in [9.17, 15) is 0 Å². The standard InChI is InChI=1S/C56H39N3/c1-4-20-46(21-5-1)57(47-22-6-2-7-23-47)51-38-54(56-52-26-14-15-27-53(52)59(55(56)39-51)50-35-32-41-17-11-13-19-44(41)37-50)58(48-24-8-3-9-25-48)49-33-30-42(31-34-49)45-29-28-40-16-10-12-18-43(40)36-45/h1-39H. The highest BCUT2D eigenvalue weighted by Crippen LogP contribution is 2.48. The molecule has 1 aromatic heterocycles. The Morgan fingerprint density at radius 3 is 1.42 bits per heavy atom. The number of benzene rings is 10. The second-order valence-corrected chi connectivity index (χ2v) is 15.0. The van der Waals surface area contributed by atoms with Crippen molar-refractivity contribution in [3.63, 3.8) is 0 Å². The molecule has 0 spiro atoms. The summed E-state index contributed by atoms with van der Waals surface area (Å²) < 4.78 is 2.45. The van der Waals surface area contributed by atoms with Gasteiger partial charge in [0.25, 0.3) is 0 Å². The van der Waals surface area contributed by atoms with Crippen molar-refractivity contribution < 1.29 is 0 Å². The fourth-order valence-electron chi connectivity index (χ4n) is 8.74. The largest absolute Gasteiger partial charge is 0.310 e. The summed E-state index contributed by atoms with van der Waals surface area (Å²) in [5, 5.41) is 7.29. The highest BCUT2D eigenvalue weighted by Gasteiger charge is 2.25. The molecule has 0 saturated heterocycles. The molecule has 11 aromatic rings. The van der Waals surface area contributed by atoms with E-state index in [1.165, 1.54) is 43.4 Å². The first kappa shape index (κ1) is 34.4. The van der Waals surface area contributed by atoms with Crippen LogP contribution in [-0.4, -0.2) is 4.57 Å². The second-order valence-electron chi connectivity index (χ2n) is 15.0. The first-order valence-electron chi connectivity index (χ1n) is 20.2. The van der Waals surface area contributed by atoms with Gasteiger partial charge in [-0.3, -0.25) is 0 Å². The van der Waals surface area contributed by atoms with Crippen molar-refractivity contribution in [1.82, 2.24) is 4.57 Å². The minimum atomic E-state index is 1.06. The summed E-state index contributed by atoms with van der Waals surface area (Å²) in [5.74, 6) is 0. The molecule has 0 aliphatic rings. The zero-order valence-corrected chi connectivity index (χ0v) is 32.4. The number of hydrogen-bond donors (Lipinski definition) is 0. The second kappa shape index (κ2) is 14.6. The van der Waals surface area contributed by atoms with E-state index >= 15 is 0 Å². The molecule has 59 heavy (non-hydrogen) atoms. The summed E-state index contributed by atoms with van der Waals surface area (Å²) in [5.41, 5.74) is 12.3. The number of hydrogen-bond acceptors (Lipinski definition) is 2. The van der Waals surface area contributed by atoms with Crippen LogP contribution < -0.4 is 9.80 Å². The lowest BCUT2D eigenvalue weighted by Crippen LogP contribution is -2.14. The first-order chi connectivity index (χ1) is 29.3. The lowest BCUT2D eigenvalue weighted by molar-refractivity contribution is 1.18. The van der Waals surface area contributed by atoms with Crippen molar-refractivity contribution >= 4 is 77.5 Å². The Balaban J connectivity index is 1.20. The number of nitrogens with zero attached hydrogens (tertiary/aromatic N) is 3. The third-order valence-electron chi connectivity index (χ3n) is 11.5. The van der Waals surface area contributed by atoms with Gasteiger partial charge in [-0.15, -0.1) is 0 Å². The van der Waals surface area contributed by atoms with Crippen LogP contribution in [0.5, 0.6) is 0 Å². The monoisotopic (exact) mass is 753 g/mol.